The van der Waals surface area contributed by atoms with E-state index in [1.54, 1.807) is 0 Å². The Morgan fingerprint density at radius 1 is 1.23 bits per heavy atom. The lowest BCUT2D eigenvalue weighted by Gasteiger charge is -2.22. The molecule has 1 fully saturated rings. The molecule has 0 atom stereocenters. The highest BCUT2D eigenvalue weighted by molar-refractivity contribution is 5.84. The van der Waals surface area contributed by atoms with Crippen LogP contribution in [0.4, 0.5) is 0 Å². The first kappa shape index (κ1) is 18.8. The molecule has 2 heterocycles. The van der Waals surface area contributed by atoms with Crippen LogP contribution in [0.2, 0.25) is 0 Å². The zero-order valence-corrected chi connectivity index (χ0v) is 16.2. The Labute approximate surface area is 157 Å². The highest BCUT2D eigenvalue weighted by Crippen LogP contribution is 2.26. The summed E-state index contributed by atoms with van der Waals surface area (Å²) in [5, 5.41) is 4.79. The third kappa shape index (κ3) is 5.01. The minimum atomic E-state index is 0.607. The monoisotopic (exact) mass is 352 g/mol. The maximum absolute atomic E-state index is 5.94. The summed E-state index contributed by atoms with van der Waals surface area (Å²) in [6.07, 6.45) is 14.9. The Hall–Kier alpha value is -2.00. The van der Waals surface area contributed by atoms with Gasteiger partial charge in [0.1, 0.15) is 12.4 Å². The van der Waals surface area contributed by atoms with Crippen LogP contribution in [0.5, 0.6) is 5.75 Å². The van der Waals surface area contributed by atoms with Crippen molar-refractivity contribution in [2.45, 2.75) is 46.0 Å². The van der Waals surface area contributed by atoms with E-state index >= 15 is 0 Å². The van der Waals surface area contributed by atoms with Crippen molar-refractivity contribution in [2.24, 2.45) is 5.92 Å². The van der Waals surface area contributed by atoms with Gasteiger partial charge in [0.15, 0.2) is 0 Å². The molecule has 1 aliphatic heterocycles. The van der Waals surface area contributed by atoms with Crippen LogP contribution in [-0.4, -0.2) is 24.7 Å². The van der Waals surface area contributed by atoms with Gasteiger partial charge in [-0.05, 0) is 81.8 Å². The SMILES string of the molecule is CC=CC(=CC)COc1ccc2c(CCCC3CCNCC3)c[nH]c2c1. The van der Waals surface area contributed by atoms with Gasteiger partial charge in [-0.1, -0.05) is 24.6 Å². The molecule has 0 amide bonds. The Balaban J connectivity index is 1.56. The van der Waals surface area contributed by atoms with Crippen molar-refractivity contribution in [3.05, 3.63) is 53.8 Å². The summed E-state index contributed by atoms with van der Waals surface area (Å²) in [7, 11) is 0. The van der Waals surface area contributed by atoms with Gasteiger partial charge in [-0.2, -0.15) is 0 Å². The molecule has 1 aromatic heterocycles. The second kappa shape index (κ2) is 9.63. The smallest absolute Gasteiger partial charge is 0.121 e. The van der Waals surface area contributed by atoms with Crippen LogP contribution in [0, 0.1) is 5.92 Å². The zero-order chi connectivity index (χ0) is 18.2. The number of aryl methyl sites for hydroxylation is 1. The van der Waals surface area contributed by atoms with E-state index in [0.29, 0.717) is 6.61 Å². The molecule has 0 bridgehead atoms. The number of nitrogens with one attached hydrogen (secondary N) is 2. The average Bonchev–Trinajstić information content (AvgIpc) is 3.08. The molecule has 0 aliphatic carbocycles. The Bertz CT molecular complexity index is 751. The molecule has 3 rings (SSSR count). The Kier molecular flexibility index (Phi) is 6.96. The summed E-state index contributed by atoms with van der Waals surface area (Å²) in [4.78, 5) is 3.43. The summed E-state index contributed by atoms with van der Waals surface area (Å²) in [5.41, 5.74) is 3.80. The summed E-state index contributed by atoms with van der Waals surface area (Å²) in [6.45, 7) is 7.08. The number of ether oxygens (including phenoxy) is 1. The fourth-order valence-electron chi connectivity index (χ4n) is 3.82. The summed E-state index contributed by atoms with van der Waals surface area (Å²) >= 11 is 0. The average molecular weight is 353 g/mol. The second-order valence-corrected chi connectivity index (χ2v) is 7.26. The van der Waals surface area contributed by atoms with Crippen molar-refractivity contribution in [3.8, 4) is 5.75 Å². The molecule has 26 heavy (non-hydrogen) atoms. The predicted octanol–water partition coefficient (Wildman–Crippen LogP) is 5.39. The van der Waals surface area contributed by atoms with Crippen molar-refractivity contribution in [2.75, 3.05) is 19.7 Å². The highest BCUT2D eigenvalue weighted by Gasteiger charge is 2.13. The Morgan fingerprint density at radius 2 is 2.08 bits per heavy atom. The lowest BCUT2D eigenvalue weighted by atomic mass is 9.91. The van der Waals surface area contributed by atoms with Gasteiger partial charge in [0.2, 0.25) is 0 Å². The number of hydrogen-bond acceptors (Lipinski definition) is 2. The number of allylic oxidation sites excluding steroid dienone is 2. The number of piperidine rings is 1. The van der Waals surface area contributed by atoms with Gasteiger partial charge in [-0.25, -0.2) is 0 Å². The first-order chi connectivity index (χ1) is 12.8. The lowest BCUT2D eigenvalue weighted by molar-refractivity contribution is 0.347. The molecular weight excluding hydrogens is 320 g/mol. The van der Waals surface area contributed by atoms with Crippen LogP contribution in [0.3, 0.4) is 0 Å². The lowest BCUT2D eigenvalue weighted by Crippen LogP contribution is -2.27. The van der Waals surface area contributed by atoms with E-state index in [4.69, 9.17) is 4.74 Å². The maximum atomic E-state index is 5.94. The number of benzene rings is 1. The fraction of sp³-hybridized carbons (Fsp3) is 0.478. The largest absolute Gasteiger partial charge is 0.489 e. The van der Waals surface area contributed by atoms with Crippen LogP contribution in [0.25, 0.3) is 10.9 Å². The van der Waals surface area contributed by atoms with Crippen LogP contribution in [0.1, 0.15) is 45.1 Å². The third-order valence-electron chi connectivity index (χ3n) is 5.41. The van der Waals surface area contributed by atoms with Crippen molar-refractivity contribution in [3.63, 3.8) is 0 Å². The van der Waals surface area contributed by atoms with Gasteiger partial charge >= 0.3 is 0 Å². The van der Waals surface area contributed by atoms with Crippen LogP contribution in [0.15, 0.2) is 48.2 Å². The van der Waals surface area contributed by atoms with E-state index in [0.717, 1.165) is 18.1 Å². The number of fused-ring (bicyclic) bond motifs is 1. The molecule has 0 unspecified atom stereocenters. The number of aromatic nitrogens is 1. The molecule has 1 aliphatic rings. The van der Waals surface area contributed by atoms with Crippen LogP contribution in [-0.2, 0) is 6.42 Å². The maximum Gasteiger partial charge on any atom is 0.121 e. The number of H-pyrrole nitrogens is 1. The van der Waals surface area contributed by atoms with Gasteiger partial charge in [0.25, 0.3) is 0 Å². The molecule has 140 valence electrons. The molecule has 3 heteroatoms. The molecule has 0 radical (unpaired) electrons. The number of hydrogen-bond donors (Lipinski definition) is 2. The molecule has 1 aromatic carbocycles. The fourth-order valence-corrected chi connectivity index (χ4v) is 3.82. The normalized spacial score (nSPS) is 16.6. The first-order valence-corrected chi connectivity index (χ1v) is 10.0. The van der Waals surface area contributed by atoms with Gasteiger partial charge in [0, 0.05) is 23.2 Å². The van der Waals surface area contributed by atoms with Crippen molar-refractivity contribution in [1.82, 2.24) is 10.3 Å². The Morgan fingerprint density at radius 3 is 2.85 bits per heavy atom. The summed E-state index contributed by atoms with van der Waals surface area (Å²) < 4.78 is 5.94. The molecule has 3 nitrogen and oxygen atoms in total. The summed E-state index contributed by atoms with van der Waals surface area (Å²) in [6, 6.07) is 6.41. The van der Waals surface area contributed by atoms with Crippen molar-refractivity contribution >= 4 is 10.9 Å². The summed E-state index contributed by atoms with van der Waals surface area (Å²) in [5.74, 6) is 1.84. The van der Waals surface area contributed by atoms with Gasteiger partial charge in [0.05, 0.1) is 0 Å². The predicted molar refractivity (Wildman–Crippen MR) is 111 cm³/mol. The van der Waals surface area contributed by atoms with E-state index in [1.165, 1.54) is 60.8 Å². The third-order valence-corrected chi connectivity index (χ3v) is 5.41. The minimum Gasteiger partial charge on any atom is -0.489 e. The molecule has 2 N–H and O–H groups in total. The molecular formula is C23H32N2O. The van der Waals surface area contributed by atoms with Gasteiger partial charge in [-0.15, -0.1) is 0 Å². The van der Waals surface area contributed by atoms with Crippen molar-refractivity contribution in [1.29, 1.82) is 0 Å². The quantitative estimate of drug-likeness (QED) is 0.625. The van der Waals surface area contributed by atoms with Crippen LogP contribution >= 0.6 is 0 Å². The van der Waals surface area contributed by atoms with E-state index in [9.17, 15) is 0 Å². The van der Waals surface area contributed by atoms with E-state index in [-0.39, 0.29) is 0 Å². The minimum absolute atomic E-state index is 0.607. The molecule has 1 saturated heterocycles. The van der Waals surface area contributed by atoms with Gasteiger partial charge in [-0.3, -0.25) is 0 Å². The zero-order valence-electron chi connectivity index (χ0n) is 16.2. The second-order valence-electron chi connectivity index (χ2n) is 7.26. The molecule has 2 aromatic rings. The first-order valence-electron chi connectivity index (χ1n) is 10.0. The van der Waals surface area contributed by atoms with E-state index in [1.807, 2.05) is 19.9 Å². The van der Waals surface area contributed by atoms with Crippen LogP contribution < -0.4 is 10.1 Å². The van der Waals surface area contributed by atoms with Gasteiger partial charge < -0.3 is 15.0 Å². The standard InChI is InChI=1S/C23H32N2O/c1-3-6-18(4-2)17-26-21-9-10-22-20(16-25-23(22)15-21)8-5-7-19-11-13-24-14-12-19/h3-4,6,9-10,15-16,19,24-25H,5,7-8,11-14,17H2,1-2H3. The number of rotatable bonds is 8. The van der Waals surface area contributed by atoms with Crippen molar-refractivity contribution < 1.29 is 4.74 Å². The van der Waals surface area contributed by atoms with E-state index < -0.39 is 0 Å². The topological polar surface area (TPSA) is 37.0 Å². The molecule has 0 saturated carbocycles. The highest BCUT2D eigenvalue weighted by atomic mass is 16.5. The molecule has 0 spiro atoms. The number of aromatic amines is 1. The van der Waals surface area contributed by atoms with E-state index in [2.05, 4.69) is 46.8 Å².